The van der Waals surface area contributed by atoms with Crippen LogP contribution in [0.1, 0.15) is 21.5 Å². The van der Waals surface area contributed by atoms with E-state index in [1.165, 1.54) is 18.5 Å². The maximum Gasteiger partial charge on any atom is 0.256 e. The second-order valence-corrected chi connectivity index (χ2v) is 11.3. The first kappa shape index (κ1) is 28.2. The van der Waals surface area contributed by atoms with Crippen molar-refractivity contribution in [2.45, 2.75) is 6.54 Å². The van der Waals surface area contributed by atoms with Gasteiger partial charge in [0.05, 0.1) is 38.3 Å². The largest absolute Gasteiger partial charge is 0.493 e. The van der Waals surface area contributed by atoms with Gasteiger partial charge in [0.1, 0.15) is 0 Å². The highest BCUT2D eigenvalue weighted by molar-refractivity contribution is 7.92. The molecule has 3 aromatic carbocycles. The molecule has 39 heavy (non-hydrogen) atoms. The van der Waals surface area contributed by atoms with Crippen molar-refractivity contribution in [3.63, 3.8) is 0 Å². The Balaban J connectivity index is 1.57. The van der Waals surface area contributed by atoms with Gasteiger partial charge < -0.3 is 14.4 Å². The quantitative estimate of drug-likeness (QED) is 0.378. The predicted molar refractivity (Wildman–Crippen MR) is 155 cm³/mol. The number of ether oxygens (including phenoxy) is 2. The number of carbonyl (C=O) groups excluding carboxylic acids is 1. The van der Waals surface area contributed by atoms with Crippen LogP contribution >= 0.6 is 0 Å². The molecule has 4 rings (SSSR count). The lowest BCUT2D eigenvalue weighted by Crippen LogP contribution is -2.49. The Bertz CT molecular complexity index is 1390. The molecule has 0 saturated carbocycles. The second kappa shape index (κ2) is 12.8. The van der Waals surface area contributed by atoms with Gasteiger partial charge in [-0.05, 0) is 17.2 Å². The molecule has 0 atom stereocenters. The van der Waals surface area contributed by atoms with E-state index in [1.54, 1.807) is 17.0 Å². The van der Waals surface area contributed by atoms with Gasteiger partial charge in [-0.25, -0.2) is 8.42 Å². The summed E-state index contributed by atoms with van der Waals surface area (Å²) in [5.74, 6) is 0.468. The van der Waals surface area contributed by atoms with E-state index < -0.39 is 10.0 Å². The van der Waals surface area contributed by atoms with Crippen molar-refractivity contribution in [2.24, 2.45) is 0 Å². The Labute approximate surface area is 231 Å². The fourth-order valence-corrected chi connectivity index (χ4v) is 5.47. The molecule has 0 radical (unpaired) electrons. The summed E-state index contributed by atoms with van der Waals surface area (Å²) >= 11 is 0. The summed E-state index contributed by atoms with van der Waals surface area (Å²) in [7, 11) is -0.764. The van der Waals surface area contributed by atoms with Gasteiger partial charge in [-0.2, -0.15) is 0 Å². The third-order valence-corrected chi connectivity index (χ3v) is 7.83. The summed E-state index contributed by atoms with van der Waals surface area (Å²) in [6.45, 7) is 3.36. The van der Waals surface area contributed by atoms with E-state index in [2.05, 4.69) is 29.2 Å². The molecule has 0 aromatic heterocycles. The Morgan fingerprint density at radius 2 is 1.49 bits per heavy atom. The van der Waals surface area contributed by atoms with Gasteiger partial charge in [0.2, 0.25) is 10.0 Å². The SMILES string of the molecule is COc1cc(C(=O)N2CCN(C/C=C/c3ccccc3)CC2)c(N(Cc2ccccc2)S(C)(=O)=O)cc1OC. The number of hydrogen-bond acceptors (Lipinski definition) is 6. The first-order valence-corrected chi connectivity index (χ1v) is 14.7. The molecule has 206 valence electrons. The van der Waals surface area contributed by atoms with Gasteiger partial charge in [0, 0.05) is 38.8 Å². The molecule has 8 nitrogen and oxygen atoms in total. The van der Waals surface area contributed by atoms with E-state index in [0.717, 1.165) is 23.9 Å². The highest BCUT2D eigenvalue weighted by Crippen LogP contribution is 2.37. The van der Waals surface area contributed by atoms with Gasteiger partial charge in [-0.1, -0.05) is 72.8 Å². The molecular weight excluding hydrogens is 514 g/mol. The van der Waals surface area contributed by atoms with E-state index >= 15 is 0 Å². The Hall–Kier alpha value is -3.82. The minimum atomic E-state index is -3.74. The highest BCUT2D eigenvalue weighted by atomic mass is 32.2. The minimum absolute atomic E-state index is 0.0803. The molecule has 9 heteroatoms. The molecule has 0 unspecified atom stereocenters. The van der Waals surface area contributed by atoms with Crippen LogP contribution in [0.5, 0.6) is 11.5 Å². The number of anilines is 1. The lowest BCUT2D eigenvalue weighted by Gasteiger charge is -2.35. The second-order valence-electron chi connectivity index (χ2n) is 9.39. The first-order valence-electron chi connectivity index (χ1n) is 12.8. The lowest BCUT2D eigenvalue weighted by molar-refractivity contribution is 0.0650. The Kier molecular flexibility index (Phi) is 9.27. The monoisotopic (exact) mass is 549 g/mol. The van der Waals surface area contributed by atoms with Crippen LogP contribution < -0.4 is 13.8 Å². The number of methoxy groups -OCH3 is 2. The maximum atomic E-state index is 13.9. The van der Waals surface area contributed by atoms with Crippen molar-refractivity contribution >= 4 is 27.7 Å². The zero-order valence-corrected chi connectivity index (χ0v) is 23.4. The van der Waals surface area contributed by atoms with Gasteiger partial charge in [-0.15, -0.1) is 0 Å². The summed E-state index contributed by atoms with van der Waals surface area (Å²) in [5.41, 5.74) is 2.47. The number of hydrogen-bond donors (Lipinski definition) is 0. The molecule has 1 saturated heterocycles. The molecule has 1 aliphatic heterocycles. The number of piperazine rings is 1. The van der Waals surface area contributed by atoms with Crippen molar-refractivity contribution < 1.29 is 22.7 Å². The van der Waals surface area contributed by atoms with E-state index in [-0.39, 0.29) is 23.7 Å². The number of amides is 1. The average Bonchev–Trinajstić information content (AvgIpc) is 2.96. The fourth-order valence-electron chi connectivity index (χ4n) is 4.58. The van der Waals surface area contributed by atoms with Gasteiger partial charge >= 0.3 is 0 Å². The van der Waals surface area contributed by atoms with Crippen LogP contribution in [-0.2, 0) is 16.6 Å². The molecule has 1 heterocycles. The standard InChI is InChI=1S/C30H35N3O5S/c1-37-28-21-26(27(22-29(28)38-2)33(39(3,35)36)23-25-13-8-5-9-14-25)30(34)32-19-17-31(18-20-32)16-10-15-24-11-6-4-7-12-24/h4-15,21-22H,16-20,23H2,1-3H3/b15-10+. The lowest BCUT2D eigenvalue weighted by atomic mass is 10.1. The zero-order valence-electron chi connectivity index (χ0n) is 22.6. The van der Waals surface area contributed by atoms with Gasteiger partial charge in [0.25, 0.3) is 5.91 Å². The minimum Gasteiger partial charge on any atom is -0.493 e. The van der Waals surface area contributed by atoms with Crippen LogP contribution in [-0.4, -0.2) is 77.3 Å². The molecule has 1 amide bonds. The van der Waals surface area contributed by atoms with Crippen LogP contribution in [0.3, 0.4) is 0 Å². The fraction of sp³-hybridized carbons (Fsp3) is 0.300. The topological polar surface area (TPSA) is 79.4 Å². The normalized spacial score (nSPS) is 14.4. The summed E-state index contributed by atoms with van der Waals surface area (Å²) < 4.78 is 38.2. The summed E-state index contributed by atoms with van der Waals surface area (Å²) in [6.07, 6.45) is 5.37. The van der Waals surface area contributed by atoms with Gasteiger partial charge in [-0.3, -0.25) is 14.0 Å². The number of rotatable bonds is 10. The third-order valence-electron chi connectivity index (χ3n) is 6.70. The number of carbonyl (C=O) groups is 1. The van der Waals surface area contributed by atoms with Crippen LogP contribution in [0.4, 0.5) is 5.69 Å². The maximum absolute atomic E-state index is 13.9. The van der Waals surface area contributed by atoms with Gasteiger partial charge in [0.15, 0.2) is 11.5 Å². The van der Waals surface area contributed by atoms with Crippen LogP contribution in [0.15, 0.2) is 78.9 Å². The van der Waals surface area contributed by atoms with Crippen molar-refractivity contribution in [2.75, 3.05) is 57.5 Å². The zero-order chi connectivity index (χ0) is 27.8. The predicted octanol–water partition coefficient (Wildman–Crippen LogP) is 4.14. The van der Waals surface area contributed by atoms with Crippen molar-refractivity contribution in [3.05, 3.63) is 95.6 Å². The molecule has 0 aliphatic carbocycles. The van der Waals surface area contributed by atoms with Crippen LogP contribution in [0.25, 0.3) is 6.08 Å². The summed E-state index contributed by atoms with van der Waals surface area (Å²) in [5, 5.41) is 0. The Morgan fingerprint density at radius 1 is 0.897 bits per heavy atom. The molecule has 0 bridgehead atoms. The smallest absolute Gasteiger partial charge is 0.256 e. The molecule has 1 aliphatic rings. The molecular formula is C30H35N3O5S. The molecule has 0 spiro atoms. The highest BCUT2D eigenvalue weighted by Gasteiger charge is 2.30. The summed E-state index contributed by atoms with van der Waals surface area (Å²) in [4.78, 5) is 17.9. The number of sulfonamides is 1. The van der Waals surface area contributed by atoms with E-state index in [0.29, 0.717) is 37.7 Å². The van der Waals surface area contributed by atoms with E-state index in [1.807, 2.05) is 48.5 Å². The molecule has 1 fully saturated rings. The summed E-state index contributed by atoms with van der Waals surface area (Å²) in [6, 6.07) is 22.6. The van der Waals surface area contributed by atoms with E-state index in [9.17, 15) is 13.2 Å². The van der Waals surface area contributed by atoms with Crippen LogP contribution in [0, 0.1) is 0 Å². The molecule has 3 aromatic rings. The molecule has 0 N–H and O–H groups in total. The van der Waals surface area contributed by atoms with E-state index in [4.69, 9.17) is 9.47 Å². The number of nitrogens with zero attached hydrogens (tertiary/aromatic N) is 3. The van der Waals surface area contributed by atoms with Crippen molar-refractivity contribution in [1.82, 2.24) is 9.80 Å². The first-order chi connectivity index (χ1) is 18.8. The van der Waals surface area contributed by atoms with Crippen LogP contribution in [0.2, 0.25) is 0 Å². The third kappa shape index (κ3) is 7.19. The number of benzene rings is 3. The average molecular weight is 550 g/mol. The Morgan fingerprint density at radius 3 is 2.08 bits per heavy atom. The van der Waals surface area contributed by atoms with Crippen molar-refractivity contribution in [1.29, 1.82) is 0 Å². The van der Waals surface area contributed by atoms with Crippen molar-refractivity contribution in [3.8, 4) is 11.5 Å².